The number of halogens is 3. The Morgan fingerprint density at radius 2 is 2.00 bits per heavy atom. The number of hydrogen-bond acceptors (Lipinski definition) is 3. The molecule has 1 aliphatic heterocycles. The Morgan fingerprint density at radius 3 is 2.47 bits per heavy atom. The molecule has 0 saturated carbocycles. The molecule has 2 N–H and O–H groups in total. The summed E-state index contributed by atoms with van der Waals surface area (Å²) in [4.78, 5) is 0. The molecular weight excluding hydrogens is 209 g/mol. The zero-order valence-corrected chi connectivity index (χ0v) is 8.78. The molecule has 1 aliphatic rings. The van der Waals surface area contributed by atoms with E-state index in [2.05, 4.69) is 10.6 Å². The number of hydrogen-bond donors (Lipinski definition) is 2. The van der Waals surface area contributed by atoms with Gasteiger partial charge in [0.15, 0.2) is 0 Å². The second-order valence-electron chi connectivity index (χ2n) is 4.02. The van der Waals surface area contributed by atoms with E-state index in [-0.39, 0.29) is 12.1 Å². The van der Waals surface area contributed by atoms with Gasteiger partial charge in [0.2, 0.25) is 0 Å². The van der Waals surface area contributed by atoms with E-state index in [0.717, 1.165) is 13.1 Å². The highest BCUT2D eigenvalue weighted by atomic mass is 19.4. The van der Waals surface area contributed by atoms with E-state index in [9.17, 15) is 13.2 Å². The molecule has 0 radical (unpaired) electrons. The first-order valence-electron chi connectivity index (χ1n) is 5.03. The van der Waals surface area contributed by atoms with E-state index in [1.165, 1.54) is 0 Å². The first-order valence-corrected chi connectivity index (χ1v) is 5.03. The van der Waals surface area contributed by atoms with Gasteiger partial charge in [0.05, 0.1) is 18.6 Å². The Kier molecular flexibility index (Phi) is 4.36. The highest BCUT2D eigenvalue weighted by molar-refractivity contribution is 4.90. The van der Waals surface area contributed by atoms with E-state index >= 15 is 0 Å². The number of alkyl halides is 3. The summed E-state index contributed by atoms with van der Waals surface area (Å²) in [5.41, 5.74) is -0.119. The van der Waals surface area contributed by atoms with Crippen molar-refractivity contribution in [2.75, 3.05) is 32.8 Å². The van der Waals surface area contributed by atoms with Crippen LogP contribution in [0.2, 0.25) is 0 Å². The molecule has 6 heteroatoms. The Hall–Kier alpha value is -0.330. The minimum absolute atomic E-state index is 0.0399. The average Bonchev–Trinajstić information content (AvgIpc) is 2.06. The molecule has 1 saturated heterocycles. The number of rotatable bonds is 6. The van der Waals surface area contributed by atoms with E-state index in [0.29, 0.717) is 13.2 Å². The SMILES string of the molecule is CC1(OCCNCCC(F)(F)F)CNC1. The van der Waals surface area contributed by atoms with Crippen molar-refractivity contribution in [2.24, 2.45) is 0 Å². The molecule has 0 bridgehead atoms. The molecule has 0 aromatic rings. The molecule has 0 aromatic heterocycles. The largest absolute Gasteiger partial charge is 0.390 e. The normalized spacial score (nSPS) is 20.0. The highest BCUT2D eigenvalue weighted by Crippen LogP contribution is 2.18. The Bertz CT molecular complexity index is 192. The van der Waals surface area contributed by atoms with Crippen LogP contribution in [0.4, 0.5) is 13.2 Å². The quantitative estimate of drug-likeness (QED) is 0.660. The van der Waals surface area contributed by atoms with Crippen molar-refractivity contribution in [1.82, 2.24) is 10.6 Å². The van der Waals surface area contributed by atoms with Crippen LogP contribution < -0.4 is 10.6 Å². The van der Waals surface area contributed by atoms with Crippen LogP contribution in [0.5, 0.6) is 0 Å². The van der Waals surface area contributed by atoms with Gasteiger partial charge in [0.1, 0.15) is 0 Å². The van der Waals surface area contributed by atoms with Gasteiger partial charge in [-0.15, -0.1) is 0 Å². The molecule has 90 valence electrons. The van der Waals surface area contributed by atoms with Crippen LogP contribution in [-0.2, 0) is 4.74 Å². The summed E-state index contributed by atoms with van der Waals surface area (Å²) in [6.45, 7) is 4.49. The standard InChI is InChI=1S/C9H17F3N2O/c1-8(6-14-7-8)15-5-4-13-3-2-9(10,11)12/h13-14H,2-7H2,1H3. The van der Waals surface area contributed by atoms with E-state index in [1.807, 2.05) is 6.92 Å². The average molecular weight is 226 g/mol. The van der Waals surface area contributed by atoms with Gasteiger partial charge in [-0.25, -0.2) is 0 Å². The van der Waals surface area contributed by atoms with Gasteiger partial charge in [0, 0.05) is 26.2 Å². The molecule has 0 aromatic carbocycles. The minimum Gasteiger partial charge on any atom is -0.371 e. The predicted octanol–water partition coefficient (Wildman–Crippen LogP) is 0.907. The van der Waals surface area contributed by atoms with Crippen LogP contribution >= 0.6 is 0 Å². The Morgan fingerprint density at radius 1 is 1.33 bits per heavy atom. The zero-order chi connectivity index (χ0) is 11.4. The van der Waals surface area contributed by atoms with Crippen molar-refractivity contribution in [3.8, 4) is 0 Å². The first-order chi connectivity index (χ1) is 6.91. The minimum atomic E-state index is -4.07. The van der Waals surface area contributed by atoms with Crippen LogP contribution in [0, 0.1) is 0 Å². The summed E-state index contributed by atoms with van der Waals surface area (Å²) < 4.78 is 40.7. The summed E-state index contributed by atoms with van der Waals surface area (Å²) in [6.07, 6.45) is -4.86. The van der Waals surface area contributed by atoms with Crippen molar-refractivity contribution < 1.29 is 17.9 Å². The smallest absolute Gasteiger partial charge is 0.371 e. The van der Waals surface area contributed by atoms with E-state index in [4.69, 9.17) is 4.74 Å². The van der Waals surface area contributed by atoms with Crippen molar-refractivity contribution in [3.63, 3.8) is 0 Å². The van der Waals surface area contributed by atoms with Gasteiger partial charge in [-0.2, -0.15) is 13.2 Å². The van der Waals surface area contributed by atoms with Crippen LogP contribution in [0.1, 0.15) is 13.3 Å². The lowest BCUT2D eigenvalue weighted by molar-refractivity contribution is -0.133. The number of nitrogens with one attached hydrogen (secondary N) is 2. The molecule has 1 rings (SSSR count). The maximum atomic E-state index is 11.7. The monoisotopic (exact) mass is 226 g/mol. The van der Waals surface area contributed by atoms with Gasteiger partial charge in [0.25, 0.3) is 0 Å². The van der Waals surface area contributed by atoms with E-state index in [1.54, 1.807) is 0 Å². The molecule has 0 atom stereocenters. The summed E-state index contributed by atoms with van der Waals surface area (Å²) in [6, 6.07) is 0. The maximum absolute atomic E-state index is 11.7. The summed E-state index contributed by atoms with van der Waals surface area (Å²) in [5.74, 6) is 0. The van der Waals surface area contributed by atoms with Gasteiger partial charge in [-0.1, -0.05) is 0 Å². The number of ether oxygens (including phenoxy) is 1. The lowest BCUT2D eigenvalue weighted by Crippen LogP contribution is -2.59. The fourth-order valence-corrected chi connectivity index (χ4v) is 1.30. The molecule has 15 heavy (non-hydrogen) atoms. The van der Waals surface area contributed by atoms with Gasteiger partial charge in [-0.3, -0.25) is 0 Å². The fourth-order valence-electron chi connectivity index (χ4n) is 1.30. The summed E-state index contributed by atoms with van der Waals surface area (Å²) in [5, 5.41) is 5.78. The second kappa shape index (κ2) is 5.14. The molecular formula is C9H17F3N2O. The predicted molar refractivity (Wildman–Crippen MR) is 50.8 cm³/mol. The molecule has 1 fully saturated rings. The maximum Gasteiger partial charge on any atom is 0.390 e. The second-order valence-corrected chi connectivity index (χ2v) is 4.02. The van der Waals surface area contributed by atoms with Gasteiger partial charge < -0.3 is 15.4 Å². The molecule has 0 spiro atoms. The molecule has 0 amide bonds. The molecule has 1 heterocycles. The highest BCUT2D eigenvalue weighted by Gasteiger charge is 2.32. The van der Waals surface area contributed by atoms with Crippen molar-refractivity contribution in [3.05, 3.63) is 0 Å². The molecule has 0 aliphatic carbocycles. The van der Waals surface area contributed by atoms with Crippen molar-refractivity contribution in [2.45, 2.75) is 25.1 Å². The Balaban J connectivity index is 1.89. The first kappa shape index (κ1) is 12.7. The van der Waals surface area contributed by atoms with Crippen LogP contribution in [-0.4, -0.2) is 44.6 Å². The Labute approximate surface area is 87.4 Å². The summed E-state index contributed by atoms with van der Waals surface area (Å²) >= 11 is 0. The van der Waals surface area contributed by atoms with Crippen LogP contribution in [0.25, 0.3) is 0 Å². The van der Waals surface area contributed by atoms with Gasteiger partial charge in [-0.05, 0) is 6.92 Å². The van der Waals surface area contributed by atoms with E-state index < -0.39 is 12.6 Å². The van der Waals surface area contributed by atoms with Crippen molar-refractivity contribution in [1.29, 1.82) is 0 Å². The topological polar surface area (TPSA) is 33.3 Å². The van der Waals surface area contributed by atoms with Gasteiger partial charge >= 0.3 is 6.18 Å². The van der Waals surface area contributed by atoms with Crippen LogP contribution in [0.3, 0.4) is 0 Å². The molecule has 0 unspecified atom stereocenters. The van der Waals surface area contributed by atoms with Crippen LogP contribution in [0.15, 0.2) is 0 Å². The fraction of sp³-hybridized carbons (Fsp3) is 1.00. The zero-order valence-electron chi connectivity index (χ0n) is 8.78. The van der Waals surface area contributed by atoms with Crippen molar-refractivity contribution >= 4 is 0 Å². The third kappa shape index (κ3) is 5.34. The molecule has 3 nitrogen and oxygen atoms in total. The lowest BCUT2D eigenvalue weighted by Gasteiger charge is -2.39. The lowest BCUT2D eigenvalue weighted by atomic mass is 10.0. The third-order valence-corrected chi connectivity index (χ3v) is 2.31. The summed E-state index contributed by atoms with van der Waals surface area (Å²) in [7, 11) is 0. The third-order valence-electron chi connectivity index (χ3n) is 2.31.